The van der Waals surface area contributed by atoms with Crippen LogP contribution in [0.2, 0.25) is 0 Å². The van der Waals surface area contributed by atoms with Gasteiger partial charge in [0, 0.05) is 25.3 Å². The van der Waals surface area contributed by atoms with Crippen LogP contribution in [-0.4, -0.2) is 57.6 Å². The number of aryl methyl sites for hydroxylation is 2. The van der Waals surface area contributed by atoms with Crippen LogP contribution in [0.1, 0.15) is 23.9 Å². The van der Waals surface area contributed by atoms with Crippen molar-refractivity contribution in [2.24, 2.45) is 0 Å². The van der Waals surface area contributed by atoms with Gasteiger partial charge >= 0.3 is 0 Å². The topological polar surface area (TPSA) is 72.3 Å². The molecule has 1 saturated heterocycles. The van der Waals surface area contributed by atoms with Gasteiger partial charge in [-0.2, -0.15) is 0 Å². The molecule has 1 fully saturated rings. The number of rotatable bonds is 7. The average molecular weight is 390 g/mol. The Morgan fingerprint density at radius 2 is 2.04 bits per heavy atom. The van der Waals surface area contributed by atoms with Gasteiger partial charge in [0.1, 0.15) is 5.82 Å². The monoisotopic (exact) mass is 389 g/mol. The number of hydrogen-bond acceptors (Lipinski definition) is 6. The van der Waals surface area contributed by atoms with Crippen LogP contribution in [0.3, 0.4) is 0 Å². The van der Waals surface area contributed by atoms with Crippen LogP contribution in [0.15, 0.2) is 23.4 Å². The first kappa shape index (κ1) is 19.9. The molecular weight excluding hydrogens is 362 g/mol. The first-order valence-electron chi connectivity index (χ1n) is 9.29. The van der Waals surface area contributed by atoms with E-state index in [2.05, 4.69) is 31.9 Å². The summed E-state index contributed by atoms with van der Waals surface area (Å²) in [5.41, 5.74) is 3.05. The quantitative estimate of drug-likeness (QED) is 0.734. The summed E-state index contributed by atoms with van der Waals surface area (Å²) >= 11 is 1.43. The Bertz CT molecular complexity index is 786. The van der Waals surface area contributed by atoms with E-state index in [1.165, 1.54) is 11.8 Å². The number of benzene rings is 1. The van der Waals surface area contributed by atoms with Crippen molar-refractivity contribution in [2.75, 3.05) is 37.4 Å². The predicted molar refractivity (Wildman–Crippen MR) is 107 cm³/mol. The van der Waals surface area contributed by atoms with Gasteiger partial charge in [-0.05, 0) is 38.0 Å². The molecule has 1 aromatic carbocycles. The zero-order valence-electron chi connectivity index (χ0n) is 16.2. The van der Waals surface area contributed by atoms with E-state index in [4.69, 9.17) is 4.74 Å². The number of carbonyl (C=O) groups is 1. The Balaban J connectivity index is 1.58. The van der Waals surface area contributed by atoms with Crippen LogP contribution in [-0.2, 0) is 22.6 Å². The van der Waals surface area contributed by atoms with E-state index in [-0.39, 0.29) is 5.91 Å². The summed E-state index contributed by atoms with van der Waals surface area (Å²) in [6, 6.07) is 6.05. The molecule has 2 aromatic rings. The average Bonchev–Trinajstić information content (AvgIpc) is 3.05. The number of morpholine rings is 1. The summed E-state index contributed by atoms with van der Waals surface area (Å²) < 4.78 is 7.48. The number of anilines is 1. The summed E-state index contributed by atoms with van der Waals surface area (Å²) in [4.78, 5) is 14.7. The molecule has 27 heavy (non-hydrogen) atoms. The zero-order chi connectivity index (χ0) is 19.2. The third-order valence-electron chi connectivity index (χ3n) is 4.58. The van der Waals surface area contributed by atoms with E-state index in [1.54, 1.807) is 0 Å². The highest BCUT2D eigenvalue weighted by atomic mass is 32.2. The second-order valence-electron chi connectivity index (χ2n) is 6.69. The molecule has 1 aliphatic rings. The Morgan fingerprint density at radius 1 is 1.26 bits per heavy atom. The van der Waals surface area contributed by atoms with Gasteiger partial charge in [0.25, 0.3) is 0 Å². The molecule has 0 atom stereocenters. The Kier molecular flexibility index (Phi) is 6.87. The number of thioether (sulfide) groups is 1. The predicted octanol–water partition coefficient (Wildman–Crippen LogP) is 2.48. The molecule has 1 aromatic heterocycles. The van der Waals surface area contributed by atoms with Crippen LogP contribution in [0, 0.1) is 13.8 Å². The van der Waals surface area contributed by atoms with Crippen molar-refractivity contribution in [3.63, 3.8) is 0 Å². The van der Waals surface area contributed by atoms with E-state index in [9.17, 15) is 4.79 Å². The lowest BCUT2D eigenvalue weighted by Gasteiger charge is -2.26. The molecule has 0 aliphatic carbocycles. The highest BCUT2D eigenvalue weighted by Crippen LogP contribution is 2.20. The summed E-state index contributed by atoms with van der Waals surface area (Å²) in [7, 11) is 0. The number of ether oxygens (including phenoxy) is 1. The molecule has 2 heterocycles. The molecule has 3 rings (SSSR count). The van der Waals surface area contributed by atoms with E-state index in [0.29, 0.717) is 5.75 Å². The van der Waals surface area contributed by atoms with Crippen LogP contribution in [0.4, 0.5) is 5.69 Å². The van der Waals surface area contributed by atoms with Crippen LogP contribution >= 0.6 is 11.8 Å². The lowest BCUT2D eigenvalue weighted by Crippen LogP contribution is -2.36. The minimum Gasteiger partial charge on any atom is -0.379 e. The van der Waals surface area contributed by atoms with Crippen molar-refractivity contribution in [1.82, 2.24) is 19.7 Å². The van der Waals surface area contributed by atoms with Crippen molar-refractivity contribution >= 4 is 23.4 Å². The van der Waals surface area contributed by atoms with Crippen molar-refractivity contribution in [2.45, 2.75) is 39.0 Å². The minimum absolute atomic E-state index is 0.0333. The van der Waals surface area contributed by atoms with Crippen LogP contribution < -0.4 is 5.32 Å². The van der Waals surface area contributed by atoms with Gasteiger partial charge in [-0.3, -0.25) is 9.69 Å². The summed E-state index contributed by atoms with van der Waals surface area (Å²) in [6.07, 6.45) is 0. The Morgan fingerprint density at radius 3 is 2.78 bits per heavy atom. The summed E-state index contributed by atoms with van der Waals surface area (Å²) in [5.74, 6) is 1.22. The Labute approximate surface area is 164 Å². The van der Waals surface area contributed by atoms with Gasteiger partial charge in [0.15, 0.2) is 5.16 Å². The van der Waals surface area contributed by atoms with Crippen molar-refractivity contribution < 1.29 is 9.53 Å². The maximum absolute atomic E-state index is 12.4. The van der Waals surface area contributed by atoms with Gasteiger partial charge < -0.3 is 14.6 Å². The molecule has 146 valence electrons. The molecule has 0 radical (unpaired) electrons. The number of nitrogens with zero attached hydrogens (tertiary/aromatic N) is 4. The highest BCUT2D eigenvalue weighted by Gasteiger charge is 2.17. The van der Waals surface area contributed by atoms with Crippen LogP contribution in [0.5, 0.6) is 0 Å². The summed E-state index contributed by atoms with van der Waals surface area (Å²) in [5, 5.41) is 12.4. The SMILES string of the molecule is CCn1c(CN2CCOCC2)nnc1SCC(=O)Nc1cc(C)ccc1C. The minimum atomic E-state index is -0.0333. The third-order valence-corrected chi connectivity index (χ3v) is 5.54. The number of nitrogens with one attached hydrogen (secondary N) is 1. The number of hydrogen-bond donors (Lipinski definition) is 1. The molecule has 0 bridgehead atoms. The molecule has 1 N–H and O–H groups in total. The highest BCUT2D eigenvalue weighted by molar-refractivity contribution is 7.99. The third kappa shape index (κ3) is 5.31. The molecule has 0 unspecified atom stereocenters. The van der Waals surface area contributed by atoms with Gasteiger partial charge in [-0.15, -0.1) is 10.2 Å². The van der Waals surface area contributed by atoms with Gasteiger partial charge in [0.2, 0.25) is 5.91 Å². The lowest BCUT2D eigenvalue weighted by atomic mass is 10.1. The van der Waals surface area contributed by atoms with E-state index >= 15 is 0 Å². The van der Waals surface area contributed by atoms with Crippen molar-refractivity contribution in [3.05, 3.63) is 35.2 Å². The number of aromatic nitrogens is 3. The standard InChI is InChI=1S/C19H27N5O2S/c1-4-24-17(12-23-7-9-26-10-8-23)21-22-19(24)27-13-18(25)20-16-11-14(2)5-6-15(16)3/h5-6,11H,4,7-10,12-13H2,1-3H3,(H,20,25). The van der Waals surface area contributed by atoms with E-state index in [1.807, 2.05) is 32.0 Å². The lowest BCUT2D eigenvalue weighted by molar-refractivity contribution is -0.113. The van der Waals surface area contributed by atoms with E-state index < -0.39 is 0 Å². The maximum Gasteiger partial charge on any atom is 0.234 e. The second-order valence-corrected chi connectivity index (χ2v) is 7.63. The molecule has 8 heteroatoms. The summed E-state index contributed by atoms with van der Waals surface area (Å²) in [6.45, 7) is 11.0. The fraction of sp³-hybridized carbons (Fsp3) is 0.526. The molecule has 1 amide bonds. The fourth-order valence-electron chi connectivity index (χ4n) is 3.01. The zero-order valence-corrected chi connectivity index (χ0v) is 17.0. The second kappa shape index (κ2) is 9.34. The fourth-order valence-corrected chi connectivity index (χ4v) is 3.83. The number of amides is 1. The first-order valence-corrected chi connectivity index (χ1v) is 10.3. The smallest absolute Gasteiger partial charge is 0.234 e. The molecular formula is C19H27N5O2S. The molecule has 0 spiro atoms. The van der Waals surface area contributed by atoms with Crippen molar-refractivity contribution in [1.29, 1.82) is 0 Å². The van der Waals surface area contributed by atoms with Crippen molar-refractivity contribution in [3.8, 4) is 0 Å². The first-order chi connectivity index (χ1) is 13.1. The molecule has 0 saturated carbocycles. The Hall–Kier alpha value is -1.90. The van der Waals surface area contributed by atoms with Gasteiger partial charge in [-0.25, -0.2) is 0 Å². The van der Waals surface area contributed by atoms with Gasteiger partial charge in [-0.1, -0.05) is 23.9 Å². The molecule has 7 nitrogen and oxygen atoms in total. The molecule has 1 aliphatic heterocycles. The van der Waals surface area contributed by atoms with Gasteiger partial charge in [0.05, 0.1) is 25.5 Å². The maximum atomic E-state index is 12.4. The normalized spacial score (nSPS) is 15.1. The number of carbonyl (C=O) groups excluding carboxylic acids is 1. The van der Waals surface area contributed by atoms with Crippen LogP contribution in [0.25, 0.3) is 0 Å². The largest absolute Gasteiger partial charge is 0.379 e. The van der Waals surface area contributed by atoms with E-state index in [0.717, 1.165) is 67.2 Å².